The maximum Gasteiger partial charge on any atom is 0.228 e. The molecule has 1 aliphatic carbocycles. The van der Waals surface area contributed by atoms with Crippen molar-refractivity contribution in [2.75, 3.05) is 4.90 Å². The maximum absolute atomic E-state index is 6.90. The van der Waals surface area contributed by atoms with Crippen LogP contribution in [0.1, 0.15) is 25.0 Å². The summed E-state index contributed by atoms with van der Waals surface area (Å²) < 4.78 is 13.2. The zero-order valence-corrected chi connectivity index (χ0v) is 31.0. The van der Waals surface area contributed by atoms with Gasteiger partial charge in [0.15, 0.2) is 11.2 Å². The molecule has 0 saturated heterocycles. The van der Waals surface area contributed by atoms with Gasteiger partial charge in [0.2, 0.25) is 5.89 Å². The maximum atomic E-state index is 6.90. The molecule has 0 atom stereocenters. The van der Waals surface area contributed by atoms with Gasteiger partial charge >= 0.3 is 0 Å². The SMILES string of the molecule is CC1(C)c2ccccc2-c2ccc(N(c3cccc(-c4cccc(-c5ccccc5)c4)c3)c3cccc4c3oc3cccc(-c5nc6ccccc6o5)c34)cc21. The Bertz CT molecular complexity index is 3100. The van der Waals surface area contributed by atoms with E-state index in [1.54, 1.807) is 0 Å². The molecule has 0 aliphatic heterocycles. The molecule has 2 aromatic heterocycles. The van der Waals surface area contributed by atoms with Crippen LogP contribution < -0.4 is 4.90 Å². The standard InChI is InChI=1S/C52H36N2O2/c1-52(2)43-23-7-6-20-39(43)40-29-28-38(32-44(40)52)54(37-19-11-18-36(31-37)35-17-10-16-34(30-35)33-14-4-3-5-15-33)46-25-12-21-41-49-42(22-13-27-48(49)55-50(41)46)51-53-45-24-8-9-26-47(45)56-51/h3-32H,1-2H3. The first-order valence-corrected chi connectivity index (χ1v) is 19.1. The van der Waals surface area contributed by atoms with Crippen molar-refractivity contribution >= 4 is 50.1 Å². The van der Waals surface area contributed by atoms with Crippen LogP contribution in [0.2, 0.25) is 0 Å². The average molecular weight is 721 g/mol. The van der Waals surface area contributed by atoms with Crippen LogP contribution in [0.5, 0.6) is 0 Å². The van der Waals surface area contributed by atoms with Crippen molar-refractivity contribution in [3.63, 3.8) is 0 Å². The zero-order valence-electron chi connectivity index (χ0n) is 31.0. The van der Waals surface area contributed by atoms with Crippen molar-refractivity contribution in [2.24, 2.45) is 0 Å². The molecule has 266 valence electrons. The first-order valence-electron chi connectivity index (χ1n) is 19.1. The molecule has 0 N–H and O–H groups in total. The molecule has 2 heterocycles. The zero-order chi connectivity index (χ0) is 37.4. The van der Waals surface area contributed by atoms with Crippen LogP contribution in [0.15, 0.2) is 191 Å². The minimum Gasteiger partial charge on any atom is -0.454 e. The van der Waals surface area contributed by atoms with E-state index in [1.165, 1.54) is 33.4 Å². The fourth-order valence-corrected chi connectivity index (χ4v) is 8.77. The number of benzene rings is 8. The lowest BCUT2D eigenvalue weighted by molar-refractivity contribution is 0.620. The van der Waals surface area contributed by atoms with Gasteiger partial charge in [-0.1, -0.05) is 135 Å². The van der Waals surface area contributed by atoms with Crippen LogP contribution in [-0.2, 0) is 5.41 Å². The fraction of sp³-hybridized carbons (Fsp3) is 0.0577. The smallest absolute Gasteiger partial charge is 0.228 e. The lowest BCUT2D eigenvalue weighted by Crippen LogP contribution is -2.16. The van der Waals surface area contributed by atoms with Gasteiger partial charge in [0.05, 0.1) is 5.69 Å². The Morgan fingerprint density at radius 3 is 1.98 bits per heavy atom. The minimum absolute atomic E-state index is 0.160. The van der Waals surface area contributed by atoms with Crippen LogP contribution in [0.3, 0.4) is 0 Å². The second-order valence-corrected chi connectivity index (χ2v) is 15.2. The Labute approximate surface area is 324 Å². The Kier molecular flexibility index (Phi) is 7.17. The molecule has 0 bridgehead atoms. The van der Waals surface area contributed by atoms with Crippen molar-refractivity contribution < 1.29 is 8.83 Å². The average Bonchev–Trinajstić information content (AvgIpc) is 3.93. The predicted octanol–water partition coefficient (Wildman–Crippen LogP) is 14.5. The van der Waals surface area contributed by atoms with Crippen molar-refractivity contribution in [1.82, 2.24) is 4.98 Å². The monoisotopic (exact) mass is 720 g/mol. The highest BCUT2D eigenvalue weighted by Crippen LogP contribution is 2.52. The molecular weight excluding hydrogens is 685 g/mol. The van der Waals surface area contributed by atoms with Crippen molar-refractivity contribution in [3.05, 3.63) is 193 Å². The van der Waals surface area contributed by atoms with Crippen molar-refractivity contribution in [1.29, 1.82) is 0 Å². The molecule has 1 aliphatic rings. The summed E-state index contributed by atoms with van der Waals surface area (Å²) in [4.78, 5) is 7.24. The highest BCUT2D eigenvalue weighted by molar-refractivity contribution is 6.15. The molecule has 0 saturated carbocycles. The van der Waals surface area contributed by atoms with E-state index in [-0.39, 0.29) is 5.41 Å². The normalized spacial score (nSPS) is 13.0. The highest BCUT2D eigenvalue weighted by atomic mass is 16.3. The van der Waals surface area contributed by atoms with Gasteiger partial charge in [0.25, 0.3) is 0 Å². The molecule has 11 rings (SSSR count). The summed E-state index contributed by atoms with van der Waals surface area (Å²) in [6.45, 7) is 4.67. The Morgan fingerprint density at radius 2 is 1.11 bits per heavy atom. The molecule has 4 heteroatoms. The molecule has 4 nitrogen and oxygen atoms in total. The topological polar surface area (TPSA) is 42.4 Å². The van der Waals surface area contributed by atoms with E-state index < -0.39 is 0 Å². The number of aromatic nitrogens is 1. The summed E-state index contributed by atoms with van der Waals surface area (Å²) in [6, 6.07) is 64.4. The summed E-state index contributed by atoms with van der Waals surface area (Å²) in [5, 5.41) is 1.98. The van der Waals surface area contributed by atoms with Gasteiger partial charge < -0.3 is 13.7 Å². The third-order valence-electron chi connectivity index (χ3n) is 11.5. The molecule has 0 unspecified atom stereocenters. The number of oxazole rings is 1. The van der Waals surface area contributed by atoms with E-state index in [1.807, 2.05) is 36.4 Å². The van der Waals surface area contributed by atoms with Crippen LogP contribution in [-0.4, -0.2) is 4.98 Å². The molecule has 0 spiro atoms. The van der Waals surface area contributed by atoms with Crippen molar-refractivity contribution in [2.45, 2.75) is 19.3 Å². The summed E-state index contributed by atoms with van der Waals surface area (Å²) >= 11 is 0. The molecule has 10 aromatic rings. The third-order valence-corrected chi connectivity index (χ3v) is 11.5. The van der Waals surface area contributed by atoms with Crippen LogP contribution >= 0.6 is 0 Å². The lowest BCUT2D eigenvalue weighted by Gasteiger charge is -2.28. The van der Waals surface area contributed by atoms with E-state index in [0.29, 0.717) is 5.89 Å². The second kappa shape index (κ2) is 12.4. The second-order valence-electron chi connectivity index (χ2n) is 15.2. The van der Waals surface area contributed by atoms with E-state index in [9.17, 15) is 0 Å². The van der Waals surface area contributed by atoms with E-state index in [4.69, 9.17) is 13.8 Å². The first kappa shape index (κ1) is 32.3. The number of furan rings is 1. The Balaban J connectivity index is 1.12. The third kappa shape index (κ3) is 5.03. The number of hydrogen-bond donors (Lipinski definition) is 0. The lowest BCUT2D eigenvalue weighted by atomic mass is 9.82. The highest BCUT2D eigenvalue weighted by Gasteiger charge is 2.36. The summed E-state index contributed by atoms with van der Waals surface area (Å²) in [5.74, 6) is 0.576. The molecule has 8 aromatic carbocycles. The van der Waals surface area contributed by atoms with Crippen LogP contribution in [0.25, 0.3) is 77.9 Å². The number of para-hydroxylation sites is 3. The summed E-state index contributed by atoms with van der Waals surface area (Å²) in [5.41, 5.74) is 16.9. The fourth-order valence-electron chi connectivity index (χ4n) is 8.77. The predicted molar refractivity (Wildman–Crippen MR) is 230 cm³/mol. The number of fused-ring (bicyclic) bond motifs is 7. The number of hydrogen-bond acceptors (Lipinski definition) is 4. The van der Waals surface area contributed by atoms with Gasteiger partial charge in [-0.3, -0.25) is 0 Å². The van der Waals surface area contributed by atoms with Gasteiger partial charge in [0, 0.05) is 33.1 Å². The van der Waals surface area contributed by atoms with Crippen molar-refractivity contribution in [3.8, 4) is 44.8 Å². The van der Waals surface area contributed by atoms with E-state index in [0.717, 1.165) is 66.8 Å². The Morgan fingerprint density at radius 1 is 0.464 bits per heavy atom. The molecular formula is C52H36N2O2. The van der Waals surface area contributed by atoms with E-state index >= 15 is 0 Å². The largest absolute Gasteiger partial charge is 0.454 e. The molecule has 56 heavy (non-hydrogen) atoms. The van der Waals surface area contributed by atoms with Crippen LogP contribution in [0.4, 0.5) is 17.1 Å². The number of rotatable bonds is 6. The molecule has 0 fully saturated rings. The quantitative estimate of drug-likeness (QED) is 0.171. The molecule has 0 radical (unpaired) electrons. The first-order chi connectivity index (χ1) is 27.5. The van der Waals surface area contributed by atoms with Gasteiger partial charge in [-0.15, -0.1) is 0 Å². The Hall–Kier alpha value is -7.17. The summed E-state index contributed by atoms with van der Waals surface area (Å²) in [7, 11) is 0. The van der Waals surface area contributed by atoms with Gasteiger partial charge in [-0.25, -0.2) is 4.98 Å². The van der Waals surface area contributed by atoms with Gasteiger partial charge in [-0.2, -0.15) is 0 Å². The van der Waals surface area contributed by atoms with Gasteiger partial charge in [-0.05, 0) is 105 Å². The molecule has 0 amide bonds. The number of anilines is 3. The van der Waals surface area contributed by atoms with Crippen LogP contribution in [0, 0.1) is 0 Å². The number of nitrogens with zero attached hydrogens (tertiary/aromatic N) is 2. The van der Waals surface area contributed by atoms with Gasteiger partial charge in [0.1, 0.15) is 11.1 Å². The van der Waals surface area contributed by atoms with E-state index in [2.05, 4.69) is 164 Å². The minimum atomic E-state index is -0.160. The summed E-state index contributed by atoms with van der Waals surface area (Å²) in [6.07, 6.45) is 0.